The van der Waals surface area contributed by atoms with E-state index < -0.39 is 41.7 Å². The first-order valence-corrected chi connectivity index (χ1v) is 10.7. The summed E-state index contributed by atoms with van der Waals surface area (Å²) >= 11 is 0. The fraction of sp³-hybridized carbons (Fsp3) is 0.533. The molecule has 0 saturated heterocycles. The predicted molar refractivity (Wildman–Crippen MR) is 96.8 cm³/mol. The first-order valence-electron chi connectivity index (χ1n) is 7.85. The van der Waals surface area contributed by atoms with Crippen LogP contribution in [0.25, 0.3) is 0 Å². The summed E-state index contributed by atoms with van der Waals surface area (Å²) in [4.78, 5) is 10.2. The molecule has 0 heterocycles. The zero-order valence-corrected chi connectivity index (χ0v) is 15.5. The van der Waals surface area contributed by atoms with E-state index in [0.717, 1.165) is 44.2 Å². The first kappa shape index (κ1) is 25.5. The first-order chi connectivity index (χ1) is 11.6. The molecule has 0 unspecified atom stereocenters. The molecule has 0 aliphatic carbocycles. The van der Waals surface area contributed by atoms with E-state index in [4.69, 9.17) is 9.29 Å². The standard InChI is InChI=1S/C15H22O8S2.Na.H/c1-2-3-4-5-6-7-8-15(16)23-13-10-9-12(24(17,18)19)11-14(13)25(20,21)22;;/h9-11H,2-8H2,1H3,(H,17,18,19)(H,20,21,22);;. The Morgan fingerprint density at radius 1 is 0.962 bits per heavy atom. The van der Waals surface area contributed by atoms with Crippen LogP contribution in [-0.4, -0.2) is 61.5 Å². The Kier molecular flexibility index (Phi) is 11.2. The molecule has 0 spiro atoms. The Bertz CT molecular complexity index is 803. The van der Waals surface area contributed by atoms with Crippen LogP contribution in [0.4, 0.5) is 0 Å². The van der Waals surface area contributed by atoms with Crippen LogP contribution in [0.3, 0.4) is 0 Å². The maximum absolute atomic E-state index is 11.8. The van der Waals surface area contributed by atoms with E-state index >= 15 is 0 Å². The van der Waals surface area contributed by atoms with E-state index in [0.29, 0.717) is 12.5 Å². The van der Waals surface area contributed by atoms with Gasteiger partial charge in [0, 0.05) is 6.42 Å². The average molecular weight is 418 g/mol. The topological polar surface area (TPSA) is 135 Å². The quantitative estimate of drug-likeness (QED) is 0.194. The van der Waals surface area contributed by atoms with E-state index in [1.165, 1.54) is 0 Å². The molecule has 2 N–H and O–H groups in total. The van der Waals surface area contributed by atoms with Crippen LogP contribution in [0.2, 0.25) is 0 Å². The maximum atomic E-state index is 11.8. The molecule has 26 heavy (non-hydrogen) atoms. The minimum absolute atomic E-state index is 0. The predicted octanol–water partition coefficient (Wildman–Crippen LogP) is 2.19. The number of hydrogen-bond donors (Lipinski definition) is 2. The molecule has 11 heteroatoms. The van der Waals surface area contributed by atoms with Crippen LogP contribution < -0.4 is 4.74 Å². The van der Waals surface area contributed by atoms with Crippen molar-refractivity contribution >= 4 is 55.8 Å². The summed E-state index contributed by atoms with van der Waals surface area (Å²) in [6, 6.07) is 2.29. The molecule has 0 atom stereocenters. The van der Waals surface area contributed by atoms with Gasteiger partial charge in [-0.25, -0.2) is 0 Å². The van der Waals surface area contributed by atoms with Gasteiger partial charge in [-0.2, -0.15) is 16.8 Å². The van der Waals surface area contributed by atoms with Crippen LogP contribution in [0.5, 0.6) is 5.75 Å². The Balaban J connectivity index is 0.00000625. The van der Waals surface area contributed by atoms with Gasteiger partial charge in [0.05, 0.1) is 4.90 Å². The summed E-state index contributed by atoms with van der Waals surface area (Å²) in [7, 11) is -9.52. The molecule has 0 saturated carbocycles. The van der Waals surface area contributed by atoms with Crippen molar-refractivity contribution in [1.82, 2.24) is 0 Å². The number of rotatable bonds is 10. The third-order valence-corrected chi connectivity index (χ3v) is 5.17. The summed E-state index contributed by atoms with van der Waals surface area (Å²) in [6.07, 6.45) is 5.78. The molecule has 144 valence electrons. The molecular weight excluding hydrogens is 395 g/mol. The second-order valence-electron chi connectivity index (χ2n) is 5.55. The number of ether oxygens (including phenoxy) is 1. The van der Waals surface area contributed by atoms with Gasteiger partial charge in [-0.15, -0.1) is 0 Å². The fourth-order valence-corrected chi connectivity index (χ4v) is 3.38. The molecule has 0 fully saturated rings. The Morgan fingerprint density at radius 2 is 1.54 bits per heavy atom. The second kappa shape index (κ2) is 11.4. The summed E-state index contributed by atoms with van der Waals surface area (Å²) in [5, 5.41) is 0. The Hall–Kier alpha value is -0.490. The van der Waals surface area contributed by atoms with Crippen LogP contribution in [0, 0.1) is 0 Å². The molecule has 0 bridgehead atoms. The van der Waals surface area contributed by atoms with Crippen molar-refractivity contribution in [2.24, 2.45) is 0 Å². The van der Waals surface area contributed by atoms with Crippen LogP contribution in [0.15, 0.2) is 28.0 Å². The van der Waals surface area contributed by atoms with E-state index in [-0.39, 0.29) is 36.0 Å². The summed E-state index contributed by atoms with van der Waals surface area (Å²) in [5.74, 6) is -1.19. The third kappa shape index (κ3) is 8.94. The molecule has 0 aromatic heterocycles. The van der Waals surface area contributed by atoms with Crippen molar-refractivity contribution in [2.75, 3.05) is 0 Å². The van der Waals surface area contributed by atoms with Crippen molar-refractivity contribution in [1.29, 1.82) is 0 Å². The summed E-state index contributed by atoms with van der Waals surface area (Å²) < 4.78 is 67.9. The van der Waals surface area contributed by atoms with Crippen molar-refractivity contribution in [3.63, 3.8) is 0 Å². The summed E-state index contributed by atoms with van der Waals surface area (Å²) in [6.45, 7) is 2.09. The zero-order chi connectivity index (χ0) is 19.1. The second-order valence-corrected chi connectivity index (χ2v) is 8.36. The Morgan fingerprint density at radius 3 is 2.08 bits per heavy atom. The van der Waals surface area contributed by atoms with E-state index in [2.05, 4.69) is 6.92 Å². The number of hydrogen-bond acceptors (Lipinski definition) is 6. The van der Waals surface area contributed by atoms with E-state index in [1.54, 1.807) is 0 Å². The van der Waals surface area contributed by atoms with Crippen LogP contribution in [0.1, 0.15) is 51.9 Å². The van der Waals surface area contributed by atoms with E-state index in [1.807, 2.05) is 0 Å². The van der Waals surface area contributed by atoms with Gasteiger partial charge in [-0.1, -0.05) is 39.0 Å². The van der Waals surface area contributed by atoms with Gasteiger partial charge in [0.25, 0.3) is 20.2 Å². The van der Waals surface area contributed by atoms with Gasteiger partial charge in [-0.05, 0) is 24.6 Å². The average Bonchev–Trinajstić information content (AvgIpc) is 2.49. The van der Waals surface area contributed by atoms with Gasteiger partial charge < -0.3 is 4.74 Å². The summed E-state index contributed by atoms with van der Waals surface area (Å²) in [5.41, 5.74) is 0. The van der Waals surface area contributed by atoms with Gasteiger partial charge in [0.15, 0.2) is 5.75 Å². The fourth-order valence-electron chi connectivity index (χ4n) is 2.16. The van der Waals surface area contributed by atoms with Crippen molar-refractivity contribution in [2.45, 2.75) is 61.7 Å². The molecule has 0 aliphatic heterocycles. The van der Waals surface area contributed by atoms with Gasteiger partial charge >= 0.3 is 35.5 Å². The van der Waals surface area contributed by atoms with Crippen molar-refractivity contribution in [3.05, 3.63) is 18.2 Å². The molecule has 1 aromatic rings. The molecule has 0 amide bonds. The molecule has 1 aromatic carbocycles. The monoisotopic (exact) mass is 418 g/mol. The molecule has 0 aliphatic rings. The van der Waals surface area contributed by atoms with Crippen LogP contribution >= 0.6 is 0 Å². The molecule has 8 nitrogen and oxygen atoms in total. The molecular formula is C15H23NaO8S2. The number of benzene rings is 1. The van der Waals surface area contributed by atoms with Gasteiger partial charge in [0.1, 0.15) is 4.90 Å². The number of unbranched alkanes of at least 4 members (excludes halogenated alkanes) is 5. The number of carbonyl (C=O) groups excluding carboxylic acids is 1. The van der Waals surface area contributed by atoms with Gasteiger partial charge in [0.2, 0.25) is 0 Å². The SMILES string of the molecule is CCCCCCCCC(=O)Oc1ccc(S(=O)(=O)O)cc1S(=O)(=O)O.[NaH]. The molecule has 1 rings (SSSR count). The number of esters is 1. The number of carbonyl (C=O) groups is 1. The zero-order valence-electron chi connectivity index (χ0n) is 13.8. The van der Waals surface area contributed by atoms with Gasteiger partial charge in [-0.3, -0.25) is 13.9 Å². The third-order valence-electron chi connectivity index (χ3n) is 3.45. The minimum atomic E-state index is -4.85. The van der Waals surface area contributed by atoms with Crippen LogP contribution in [-0.2, 0) is 25.0 Å². The Labute approximate surface area is 176 Å². The molecule has 0 radical (unpaired) electrons. The normalized spacial score (nSPS) is 11.7. The van der Waals surface area contributed by atoms with Crippen molar-refractivity contribution < 1.29 is 35.5 Å². The van der Waals surface area contributed by atoms with E-state index in [9.17, 15) is 26.2 Å². The van der Waals surface area contributed by atoms with Crippen molar-refractivity contribution in [3.8, 4) is 5.75 Å².